The Hall–Kier alpha value is -1.65. The molecule has 0 radical (unpaired) electrons. The van der Waals surface area contributed by atoms with Gasteiger partial charge in [0.2, 0.25) is 0 Å². The first-order valence-electron chi connectivity index (χ1n) is 6.93. The molecule has 1 atom stereocenters. The minimum absolute atomic E-state index is 0.114. The first kappa shape index (κ1) is 15.3. The second-order valence-electron chi connectivity index (χ2n) is 5.04. The molecule has 0 aliphatic carbocycles. The predicted molar refractivity (Wildman–Crippen MR) is 88.9 cm³/mol. The van der Waals surface area contributed by atoms with E-state index in [1.54, 1.807) is 20.3 Å². The van der Waals surface area contributed by atoms with E-state index in [-0.39, 0.29) is 6.04 Å². The number of allylic oxidation sites excluding steroid dienone is 2. The molecule has 22 heavy (non-hydrogen) atoms. The largest absolute Gasteiger partial charge is 0.493 e. The number of methoxy groups -OCH3 is 2. The molecule has 2 aliphatic heterocycles. The molecule has 3 rings (SSSR count). The van der Waals surface area contributed by atoms with E-state index in [0.717, 1.165) is 24.4 Å². The lowest BCUT2D eigenvalue weighted by Gasteiger charge is -2.36. The second kappa shape index (κ2) is 6.23. The van der Waals surface area contributed by atoms with E-state index in [4.69, 9.17) is 32.7 Å². The molecule has 0 saturated heterocycles. The lowest BCUT2D eigenvalue weighted by Crippen LogP contribution is -2.36. The summed E-state index contributed by atoms with van der Waals surface area (Å²) in [7, 11) is 3.26. The Morgan fingerprint density at radius 3 is 2.68 bits per heavy atom. The zero-order valence-corrected chi connectivity index (χ0v) is 13.9. The van der Waals surface area contributed by atoms with Crippen LogP contribution in [0.4, 0.5) is 0 Å². The minimum Gasteiger partial charge on any atom is -0.493 e. The molecule has 2 aliphatic rings. The van der Waals surface area contributed by atoms with Gasteiger partial charge in [0, 0.05) is 12.7 Å². The van der Waals surface area contributed by atoms with Crippen molar-refractivity contribution in [2.24, 2.45) is 4.99 Å². The summed E-state index contributed by atoms with van der Waals surface area (Å²) in [4.78, 5) is 6.53. The van der Waals surface area contributed by atoms with Crippen molar-refractivity contribution in [3.63, 3.8) is 0 Å². The van der Waals surface area contributed by atoms with Crippen LogP contribution in [0.5, 0.6) is 11.5 Å². The number of fused-ring (bicyclic) bond motifs is 1. The van der Waals surface area contributed by atoms with Crippen molar-refractivity contribution in [3.8, 4) is 11.5 Å². The summed E-state index contributed by atoms with van der Waals surface area (Å²) in [5.74, 6) is 2.18. The Bertz CT molecular complexity index is 683. The van der Waals surface area contributed by atoms with Gasteiger partial charge in [0.15, 0.2) is 11.5 Å². The van der Waals surface area contributed by atoms with Crippen LogP contribution >= 0.6 is 23.2 Å². The van der Waals surface area contributed by atoms with Gasteiger partial charge in [-0.15, -0.1) is 0 Å². The van der Waals surface area contributed by atoms with Gasteiger partial charge in [-0.25, -0.2) is 0 Å². The summed E-state index contributed by atoms with van der Waals surface area (Å²) >= 11 is 12.4. The summed E-state index contributed by atoms with van der Waals surface area (Å²) in [5, 5.41) is 1.16. The molecule has 1 aromatic carbocycles. The second-order valence-corrected chi connectivity index (χ2v) is 5.88. The van der Waals surface area contributed by atoms with Crippen molar-refractivity contribution in [2.75, 3.05) is 20.8 Å². The van der Waals surface area contributed by atoms with Gasteiger partial charge < -0.3 is 14.4 Å². The maximum absolute atomic E-state index is 6.26. The molecular formula is C16H16Cl2N2O2. The topological polar surface area (TPSA) is 34.1 Å². The van der Waals surface area contributed by atoms with E-state index in [2.05, 4.69) is 4.99 Å². The van der Waals surface area contributed by atoms with Gasteiger partial charge >= 0.3 is 0 Å². The summed E-state index contributed by atoms with van der Waals surface area (Å²) in [6.07, 6.45) is 4.46. The van der Waals surface area contributed by atoms with Crippen molar-refractivity contribution in [1.82, 2.24) is 4.90 Å². The molecule has 0 fully saturated rings. The monoisotopic (exact) mass is 338 g/mol. The molecule has 0 saturated carbocycles. The normalized spacial score (nSPS) is 20.6. The van der Waals surface area contributed by atoms with Crippen molar-refractivity contribution in [1.29, 1.82) is 0 Å². The van der Waals surface area contributed by atoms with Gasteiger partial charge in [0.05, 0.1) is 30.3 Å². The van der Waals surface area contributed by atoms with Crippen LogP contribution in [0.2, 0.25) is 0 Å². The van der Waals surface area contributed by atoms with Crippen molar-refractivity contribution in [3.05, 3.63) is 46.1 Å². The van der Waals surface area contributed by atoms with Gasteiger partial charge in [0.1, 0.15) is 5.84 Å². The van der Waals surface area contributed by atoms with Gasteiger partial charge in [-0.05, 0) is 30.2 Å². The molecule has 6 heteroatoms. The Balaban J connectivity index is 1.99. The highest BCUT2D eigenvalue weighted by atomic mass is 35.5. The summed E-state index contributed by atoms with van der Waals surface area (Å²) < 4.78 is 10.7. The Labute approximate surface area is 139 Å². The molecule has 116 valence electrons. The molecule has 0 amide bonds. The number of ether oxygens (including phenoxy) is 2. The summed E-state index contributed by atoms with van der Waals surface area (Å²) in [6, 6.07) is 6.04. The number of rotatable bonds is 3. The van der Waals surface area contributed by atoms with Crippen LogP contribution < -0.4 is 9.47 Å². The van der Waals surface area contributed by atoms with Crippen molar-refractivity contribution in [2.45, 2.75) is 12.5 Å². The van der Waals surface area contributed by atoms with Crippen molar-refractivity contribution >= 4 is 29.0 Å². The maximum Gasteiger partial charge on any atom is 0.161 e. The number of hydrogen-bond acceptors (Lipinski definition) is 4. The van der Waals surface area contributed by atoms with Crippen LogP contribution in [0, 0.1) is 0 Å². The number of amidine groups is 1. The SMILES string of the molecule is COc1ccc(C2CCN=C3C(Cl)=CC(Cl)=CN32)cc1OC. The highest BCUT2D eigenvalue weighted by Gasteiger charge is 2.30. The number of halogens is 2. The zero-order chi connectivity index (χ0) is 15.7. The molecule has 0 bridgehead atoms. The molecule has 0 spiro atoms. The van der Waals surface area contributed by atoms with Gasteiger partial charge in [-0.1, -0.05) is 29.3 Å². The molecule has 0 N–H and O–H groups in total. The van der Waals surface area contributed by atoms with Crippen LogP contribution in [0.1, 0.15) is 18.0 Å². The Morgan fingerprint density at radius 2 is 1.95 bits per heavy atom. The average molecular weight is 339 g/mol. The minimum atomic E-state index is 0.114. The van der Waals surface area contributed by atoms with E-state index in [1.807, 2.05) is 29.3 Å². The van der Waals surface area contributed by atoms with Crippen LogP contribution in [0.25, 0.3) is 0 Å². The van der Waals surface area contributed by atoms with Gasteiger partial charge in [-0.2, -0.15) is 0 Å². The summed E-state index contributed by atoms with van der Waals surface area (Å²) in [6.45, 7) is 0.723. The standard InChI is InChI=1S/C16H16Cl2N2O2/c1-21-14-4-3-10(7-15(14)22-2)13-5-6-19-16-12(18)8-11(17)9-20(13)16/h3-4,7-9,13H,5-6H2,1-2H3. The number of benzene rings is 1. The molecule has 2 heterocycles. The Kier molecular flexibility index (Phi) is 4.32. The third-order valence-corrected chi connectivity index (χ3v) is 4.26. The van der Waals surface area contributed by atoms with Gasteiger partial charge in [-0.3, -0.25) is 4.99 Å². The number of hydrogen-bond donors (Lipinski definition) is 0. The highest BCUT2D eigenvalue weighted by molar-refractivity contribution is 6.45. The fraction of sp³-hybridized carbons (Fsp3) is 0.312. The number of aliphatic imine (C=N–C) groups is 1. The lowest BCUT2D eigenvalue weighted by atomic mass is 9.99. The molecule has 1 unspecified atom stereocenters. The van der Waals surface area contributed by atoms with E-state index < -0.39 is 0 Å². The molecule has 0 aromatic heterocycles. The van der Waals surface area contributed by atoms with Crippen LogP contribution in [0.3, 0.4) is 0 Å². The third kappa shape index (κ3) is 2.69. The van der Waals surface area contributed by atoms with E-state index >= 15 is 0 Å². The maximum atomic E-state index is 6.26. The zero-order valence-electron chi connectivity index (χ0n) is 12.3. The predicted octanol–water partition coefficient (Wildman–Crippen LogP) is 4.07. The Morgan fingerprint density at radius 1 is 1.18 bits per heavy atom. The van der Waals surface area contributed by atoms with Crippen LogP contribution in [0.15, 0.2) is 45.5 Å². The van der Waals surface area contributed by atoms with E-state index in [0.29, 0.717) is 21.6 Å². The van der Waals surface area contributed by atoms with E-state index in [1.165, 1.54) is 0 Å². The molecule has 4 nitrogen and oxygen atoms in total. The average Bonchev–Trinajstić information content (AvgIpc) is 2.53. The first-order valence-corrected chi connectivity index (χ1v) is 7.69. The van der Waals surface area contributed by atoms with Crippen molar-refractivity contribution < 1.29 is 9.47 Å². The van der Waals surface area contributed by atoms with Crippen LogP contribution in [-0.2, 0) is 0 Å². The molecular weight excluding hydrogens is 323 g/mol. The van der Waals surface area contributed by atoms with Gasteiger partial charge in [0.25, 0.3) is 0 Å². The first-order chi connectivity index (χ1) is 10.6. The highest BCUT2D eigenvalue weighted by Crippen LogP contribution is 2.38. The number of nitrogens with zero attached hydrogens (tertiary/aromatic N) is 2. The fourth-order valence-electron chi connectivity index (χ4n) is 2.75. The summed E-state index contributed by atoms with van der Waals surface area (Å²) in [5.41, 5.74) is 1.11. The third-order valence-electron chi connectivity index (χ3n) is 3.78. The quantitative estimate of drug-likeness (QED) is 0.833. The van der Waals surface area contributed by atoms with E-state index in [9.17, 15) is 0 Å². The fourth-order valence-corrected chi connectivity index (χ4v) is 3.30. The molecule has 1 aromatic rings. The smallest absolute Gasteiger partial charge is 0.161 e. The lowest BCUT2D eigenvalue weighted by molar-refractivity contribution is 0.347. The van der Waals surface area contributed by atoms with Crippen LogP contribution in [-0.4, -0.2) is 31.5 Å².